The second-order valence-corrected chi connectivity index (χ2v) is 4.72. The van der Waals surface area contributed by atoms with Gasteiger partial charge in [-0.15, -0.1) is 0 Å². The predicted molar refractivity (Wildman–Crippen MR) is 73.8 cm³/mol. The summed E-state index contributed by atoms with van der Waals surface area (Å²) in [4.78, 5) is 0. The number of methoxy groups -OCH3 is 1. The van der Waals surface area contributed by atoms with E-state index < -0.39 is 0 Å². The van der Waals surface area contributed by atoms with Crippen molar-refractivity contribution in [2.45, 2.75) is 13.0 Å². The molecule has 1 N–H and O–H groups in total. The fourth-order valence-corrected chi connectivity index (χ4v) is 2.62. The Bertz CT molecular complexity index is 610. The Hall–Kier alpha value is -1.87. The SMILES string of the molecule is COc1ccc(-c2cccc3c2CNCC3)cc1F. The molecule has 1 aliphatic heterocycles. The van der Waals surface area contributed by atoms with Gasteiger partial charge in [0, 0.05) is 6.54 Å². The zero-order valence-electron chi connectivity index (χ0n) is 10.9. The first-order valence-electron chi connectivity index (χ1n) is 6.45. The van der Waals surface area contributed by atoms with E-state index in [0.29, 0.717) is 0 Å². The molecule has 3 heteroatoms. The van der Waals surface area contributed by atoms with Crippen LogP contribution in [0.1, 0.15) is 11.1 Å². The molecule has 2 aromatic carbocycles. The monoisotopic (exact) mass is 257 g/mol. The van der Waals surface area contributed by atoms with Crippen molar-refractivity contribution in [1.82, 2.24) is 5.32 Å². The highest BCUT2D eigenvalue weighted by atomic mass is 19.1. The summed E-state index contributed by atoms with van der Waals surface area (Å²) in [6.07, 6.45) is 1.03. The van der Waals surface area contributed by atoms with Crippen LogP contribution in [0, 0.1) is 5.82 Å². The lowest BCUT2D eigenvalue weighted by Gasteiger charge is -2.20. The van der Waals surface area contributed by atoms with Crippen LogP contribution in [0.2, 0.25) is 0 Å². The van der Waals surface area contributed by atoms with Crippen molar-refractivity contribution in [3.63, 3.8) is 0 Å². The number of halogens is 1. The van der Waals surface area contributed by atoms with Crippen molar-refractivity contribution in [1.29, 1.82) is 0 Å². The summed E-state index contributed by atoms with van der Waals surface area (Å²) in [6.45, 7) is 1.85. The van der Waals surface area contributed by atoms with Gasteiger partial charge < -0.3 is 10.1 Å². The topological polar surface area (TPSA) is 21.3 Å². The Morgan fingerprint density at radius 2 is 2.11 bits per heavy atom. The van der Waals surface area contributed by atoms with Gasteiger partial charge in [0.15, 0.2) is 11.6 Å². The molecule has 0 fully saturated rings. The minimum Gasteiger partial charge on any atom is -0.494 e. The molecule has 0 aromatic heterocycles. The molecule has 0 amide bonds. The molecule has 0 aliphatic carbocycles. The van der Waals surface area contributed by atoms with Crippen molar-refractivity contribution in [3.8, 4) is 16.9 Å². The van der Waals surface area contributed by atoms with Crippen molar-refractivity contribution in [2.75, 3.05) is 13.7 Å². The third kappa shape index (κ3) is 2.22. The van der Waals surface area contributed by atoms with Crippen LogP contribution in [0.4, 0.5) is 4.39 Å². The van der Waals surface area contributed by atoms with Crippen LogP contribution in [0.15, 0.2) is 36.4 Å². The Morgan fingerprint density at radius 1 is 1.21 bits per heavy atom. The van der Waals surface area contributed by atoms with E-state index in [2.05, 4.69) is 11.4 Å². The summed E-state index contributed by atoms with van der Waals surface area (Å²) in [7, 11) is 1.48. The molecule has 0 saturated heterocycles. The summed E-state index contributed by atoms with van der Waals surface area (Å²) in [5.41, 5.74) is 4.64. The number of benzene rings is 2. The van der Waals surface area contributed by atoms with Gasteiger partial charge in [0.05, 0.1) is 7.11 Å². The lowest BCUT2D eigenvalue weighted by molar-refractivity contribution is 0.386. The highest BCUT2D eigenvalue weighted by Crippen LogP contribution is 2.30. The summed E-state index contributed by atoms with van der Waals surface area (Å²) < 4.78 is 18.8. The van der Waals surface area contributed by atoms with Gasteiger partial charge in [-0.25, -0.2) is 4.39 Å². The lowest BCUT2D eigenvalue weighted by Crippen LogP contribution is -2.24. The van der Waals surface area contributed by atoms with Crippen molar-refractivity contribution < 1.29 is 9.13 Å². The first-order chi connectivity index (χ1) is 9.29. The minimum atomic E-state index is -0.318. The maximum atomic E-state index is 13.8. The van der Waals surface area contributed by atoms with E-state index >= 15 is 0 Å². The molecule has 3 rings (SSSR count). The van der Waals surface area contributed by atoms with Crippen molar-refractivity contribution in [3.05, 3.63) is 53.3 Å². The molecule has 1 heterocycles. The second kappa shape index (κ2) is 5.02. The summed E-state index contributed by atoms with van der Waals surface area (Å²) in [5.74, 6) is -0.0342. The van der Waals surface area contributed by atoms with E-state index in [1.165, 1.54) is 18.2 Å². The predicted octanol–water partition coefficient (Wildman–Crippen LogP) is 3.15. The molecule has 2 nitrogen and oxygen atoms in total. The first-order valence-corrected chi connectivity index (χ1v) is 6.45. The van der Waals surface area contributed by atoms with E-state index in [-0.39, 0.29) is 11.6 Å². The van der Waals surface area contributed by atoms with Crippen LogP contribution in [0.3, 0.4) is 0 Å². The quantitative estimate of drug-likeness (QED) is 0.892. The van der Waals surface area contributed by atoms with E-state index in [9.17, 15) is 4.39 Å². The van der Waals surface area contributed by atoms with Gasteiger partial charge in [0.25, 0.3) is 0 Å². The fourth-order valence-electron chi connectivity index (χ4n) is 2.62. The largest absolute Gasteiger partial charge is 0.494 e. The molecule has 0 bridgehead atoms. The average Bonchev–Trinajstić information content (AvgIpc) is 2.46. The smallest absolute Gasteiger partial charge is 0.165 e. The molecule has 0 atom stereocenters. The summed E-state index contributed by atoms with van der Waals surface area (Å²) in [5, 5.41) is 3.37. The number of nitrogens with one attached hydrogen (secondary N) is 1. The molecule has 19 heavy (non-hydrogen) atoms. The fraction of sp³-hybridized carbons (Fsp3) is 0.250. The first kappa shape index (κ1) is 12.2. The number of hydrogen-bond donors (Lipinski definition) is 1. The zero-order valence-corrected chi connectivity index (χ0v) is 10.9. The third-order valence-electron chi connectivity index (χ3n) is 3.61. The molecule has 0 unspecified atom stereocenters. The Kier molecular flexibility index (Phi) is 3.22. The van der Waals surface area contributed by atoms with Crippen LogP contribution in [-0.2, 0) is 13.0 Å². The molecular formula is C16H16FNO. The van der Waals surface area contributed by atoms with Gasteiger partial charge >= 0.3 is 0 Å². The van der Waals surface area contributed by atoms with Gasteiger partial charge in [-0.05, 0) is 47.4 Å². The molecule has 0 radical (unpaired) electrons. The van der Waals surface area contributed by atoms with Gasteiger partial charge in [-0.3, -0.25) is 0 Å². The van der Waals surface area contributed by atoms with Crippen LogP contribution in [0.25, 0.3) is 11.1 Å². The van der Waals surface area contributed by atoms with Gasteiger partial charge in [-0.1, -0.05) is 24.3 Å². The van der Waals surface area contributed by atoms with Crippen LogP contribution in [0.5, 0.6) is 5.75 Å². The highest BCUT2D eigenvalue weighted by Gasteiger charge is 2.14. The Balaban J connectivity index is 2.09. The number of ether oxygens (including phenoxy) is 1. The minimum absolute atomic E-state index is 0.284. The molecule has 98 valence electrons. The van der Waals surface area contributed by atoms with Crippen LogP contribution < -0.4 is 10.1 Å². The number of fused-ring (bicyclic) bond motifs is 1. The maximum Gasteiger partial charge on any atom is 0.165 e. The Morgan fingerprint density at radius 3 is 2.89 bits per heavy atom. The Labute approximate surface area is 112 Å². The van der Waals surface area contributed by atoms with Crippen molar-refractivity contribution in [2.24, 2.45) is 0 Å². The summed E-state index contributed by atoms with van der Waals surface area (Å²) in [6, 6.07) is 11.4. The van der Waals surface area contributed by atoms with Crippen LogP contribution >= 0.6 is 0 Å². The second-order valence-electron chi connectivity index (χ2n) is 4.72. The van der Waals surface area contributed by atoms with E-state index in [0.717, 1.165) is 30.6 Å². The van der Waals surface area contributed by atoms with E-state index in [1.54, 1.807) is 12.1 Å². The number of hydrogen-bond acceptors (Lipinski definition) is 2. The molecule has 0 saturated carbocycles. The molecule has 1 aliphatic rings. The molecule has 0 spiro atoms. The lowest BCUT2D eigenvalue weighted by atomic mass is 9.92. The standard InChI is InChI=1S/C16H16FNO/c1-19-16-6-5-12(9-15(16)17)13-4-2-3-11-7-8-18-10-14(11)13/h2-6,9,18H,7-8,10H2,1H3. The van der Waals surface area contributed by atoms with Gasteiger partial charge in [0.1, 0.15) is 0 Å². The number of rotatable bonds is 2. The van der Waals surface area contributed by atoms with Crippen molar-refractivity contribution >= 4 is 0 Å². The van der Waals surface area contributed by atoms with Gasteiger partial charge in [-0.2, -0.15) is 0 Å². The molecule has 2 aromatic rings. The third-order valence-corrected chi connectivity index (χ3v) is 3.61. The summed E-state index contributed by atoms with van der Waals surface area (Å²) >= 11 is 0. The van der Waals surface area contributed by atoms with Crippen LogP contribution in [-0.4, -0.2) is 13.7 Å². The van der Waals surface area contributed by atoms with E-state index in [4.69, 9.17) is 4.74 Å². The molecular weight excluding hydrogens is 241 g/mol. The highest BCUT2D eigenvalue weighted by molar-refractivity contribution is 5.70. The van der Waals surface area contributed by atoms with E-state index in [1.807, 2.05) is 18.2 Å². The zero-order chi connectivity index (χ0) is 13.2. The van der Waals surface area contributed by atoms with Gasteiger partial charge in [0.2, 0.25) is 0 Å². The average molecular weight is 257 g/mol. The maximum absolute atomic E-state index is 13.8. The normalized spacial score (nSPS) is 14.0.